The highest BCUT2D eigenvalue weighted by Gasteiger charge is 2.20. The van der Waals surface area contributed by atoms with E-state index in [4.69, 9.17) is 8.92 Å². The highest BCUT2D eigenvalue weighted by Crippen LogP contribution is 2.31. The lowest BCUT2D eigenvalue weighted by atomic mass is 10.1. The Kier molecular flexibility index (Phi) is 4.70. The normalized spacial score (nSPS) is 11.1. The summed E-state index contributed by atoms with van der Waals surface area (Å²) in [7, 11) is -2.82. The number of halogens is 1. The molecule has 7 heteroatoms. The molecule has 0 aliphatic heterocycles. The molecule has 0 heterocycles. The summed E-state index contributed by atoms with van der Waals surface area (Å²) in [6.45, 7) is 2.84. The SMILES string of the molecule is COc1cc(C(C)=O)ccc1OS(=O)(=O)c1ccc(F)c(C)c1. The lowest BCUT2D eigenvalue weighted by molar-refractivity contribution is 0.101. The molecule has 0 atom stereocenters. The van der Waals surface area contributed by atoms with Crippen LogP contribution < -0.4 is 8.92 Å². The standard InChI is InChI=1S/C16H15FO5S/c1-10-8-13(5-6-14(10)17)23(19,20)22-15-7-4-12(11(2)18)9-16(15)21-3/h4-9H,1-3H3. The van der Waals surface area contributed by atoms with E-state index in [2.05, 4.69) is 0 Å². The molecule has 0 saturated heterocycles. The fourth-order valence-corrected chi connectivity index (χ4v) is 2.92. The molecule has 0 N–H and O–H groups in total. The third-order valence-corrected chi connectivity index (χ3v) is 4.42. The molecular formula is C16H15FO5S. The monoisotopic (exact) mass is 338 g/mol. The number of benzene rings is 2. The van der Waals surface area contributed by atoms with Crippen molar-refractivity contribution in [3.8, 4) is 11.5 Å². The fourth-order valence-electron chi connectivity index (χ4n) is 1.89. The van der Waals surface area contributed by atoms with Crippen LogP contribution in [0.25, 0.3) is 0 Å². The molecule has 0 saturated carbocycles. The molecule has 122 valence electrons. The smallest absolute Gasteiger partial charge is 0.339 e. The van der Waals surface area contributed by atoms with E-state index >= 15 is 0 Å². The van der Waals surface area contributed by atoms with E-state index < -0.39 is 15.9 Å². The number of carbonyl (C=O) groups is 1. The number of rotatable bonds is 5. The zero-order valence-electron chi connectivity index (χ0n) is 12.8. The van der Waals surface area contributed by atoms with Crippen molar-refractivity contribution in [2.75, 3.05) is 7.11 Å². The van der Waals surface area contributed by atoms with Crippen LogP contribution in [-0.4, -0.2) is 21.3 Å². The van der Waals surface area contributed by atoms with Gasteiger partial charge >= 0.3 is 10.1 Å². The average Bonchev–Trinajstić information content (AvgIpc) is 2.49. The van der Waals surface area contributed by atoms with Crippen LogP contribution in [0.1, 0.15) is 22.8 Å². The van der Waals surface area contributed by atoms with E-state index in [1.165, 1.54) is 45.2 Å². The lowest BCUT2D eigenvalue weighted by Gasteiger charge is -2.12. The molecule has 0 aliphatic carbocycles. The van der Waals surface area contributed by atoms with Crippen LogP contribution in [0.15, 0.2) is 41.3 Å². The van der Waals surface area contributed by atoms with E-state index in [0.717, 1.165) is 12.1 Å². The molecule has 2 aromatic carbocycles. The molecule has 23 heavy (non-hydrogen) atoms. The number of carbonyl (C=O) groups excluding carboxylic acids is 1. The minimum absolute atomic E-state index is 0.0560. The Morgan fingerprint density at radius 2 is 1.78 bits per heavy atom. The summed E-state index contributed by atoms with van der Waals surface area (Å²) in [5.74, 6) is -0.640. The van der Waals surface area contributed by atoms with E-state index in [-0.39, 0.29) is 27.7 Å². The number of methoxy groups -OCH3 is 1. The van der Waals surface area contributed by atoms with Gasteiger partial charge in [-0.1, -0.05) is 0 Å². The molecule has 0 aliphatic rings. The van der Waals surface area contributed by atoms with Gasteiger partial charge in [-0.2, -0.15) is 8.42 Å². The van der Waals surface area contributed by atoms with Gasteiger partial charge in [0, 0.05) is 5.56 Å². The van der Waals surface area contributed by atoms with Crippen LogP contribution in [0.3, 0.4) is 0 Å². The maximum absolute atomic E-state index is 13.3. The summed E-state index contributed by atoms with van der Waals surface area (Å²) < 4.78 is 47.9. The largest absolute Gasteiger partial charge is 0.493 e. The summed E-state index contributed by atoms with van der Waals surface area (Å²) in [6.07, 6.45) is 0. The van der Waals surface area contributed by atoms with Gasteiger partial charge in [0.2, 0.25) is 0 Å². The van der Waals surface area contributed by atoms with Crippen LogP contribution in [0.4, 0.5) is 4.39 Å². The predicted octanol–water partition coefficient (Wildman–Crippen LogP) is 3.11. The van der Waals surface area contributed by atoms with Gasteiger partial charge < -0.3 is 8.92 Å². The Bertz CT molecular complexity index is 859. The number of aryl methyl sites for hydroxylation is 1. The van der Waals surface area contributed by atoms with Gasteiger partial charge in [-0.25, -0.2) is 4.39 Å². The summed E-state index contributed by atoms with van der Waals surface area (Å²) in [4.78, 5) is 11.2. The van der Waals surface area contributed by atoms with Crippen LogP contribution >= 0.6 is 0 Å². The topological polar surface area (TPSA) is 69.7 Å². The Morgan fingerprint density at radius 1 is 1.09 bits per heavy atom. The van der Waals surface area contributed by atoms with Gasteiger partial charge in [0.25, 0.3) is 0 Å². The minimum Gasteiger partial charge on any atom is -0.493 e. The Labute approximate surface area is 133 Å². The van der Waals surface area contributed by atoms with Crippen LogP contribution in [0, 0.1) is 12.7 Å². The third-order valence-electron chi connectivity index (χ3n) is 3.19. The zero-order valence-corrected chi connectivity index (χ0v) is 13.6. The van der Waals surface area contributed by atoms with Crippen LogP contribution in [0.2, 0.25) is 0 Å². The quantitative estimate of drug-likeness (QED) is 0.619. The minimum atomic E-state index is -4.15. The van der Waals surface area contributed by atoms with E-state index in [9.17, 15) is 17.6 Å². The van der Waals surface area contributed by atoms with Crippen molar-refractivity contribution in [2.24, 2.45) is 0 Å². The Balaban J connectivity index is 2.40. The first-order valence-corrected chi connectivity index (χ1v) is 8.05. The molecule has 0 unspecified atom stereocenters. The molecular weight excluding hydrogens is 323 g/mol. The first-order valence-electron chi connectivity index (χ1n) is 6.64. The first kappa shape index (κ1) is 17.0. The Morgan fingerprint density at radius 3 is 2.35 bits per heavy atom. The lowest BCUT2D eigenvalue weighted by Crippen LogP contribution is -2.11. The maximum atomic E-state index is 13.3. The molecule has 2 aromatic rings. The number of hydrogen-bond donors (Lipinski definition) is 0. The van der Waals surface area contributed by atoms with Gasteiger partial charge in [-0.05, 0) is 55.8 Å². The Hall–Kier alpha value is -2.41. The van der Waals surface area contributed by atoms with Crippen molar-refractivity contribution >= 4 is 15.9 Å². The third kappa shape index (κ3) is 3.68. The predicted molar refractivity (Wildman–Crippen MR) is 81.9 cm³/mol. The second kappa shape index (κ2) is 6.37. The van der Waals surface area contributed by atoms with Gasteiger partial charge in [0.05, 0.1) is 7.11 Å². The first-order chi connectivity index (χ1) is 10.7. The number of Topliss-reactive ketones (excluding diaryl/α,β-unsaturated/α-hetero) is 1. The molecule has 0 aromatic heterocycles. The molecule has 0 radical (unpaired) electrons. The zero-order chi connectivity index (χ0) is 17.2. The summed E-state index contributed by atoms with van der Waals surface area (Å²) in [5.41, 5.74) is 0.554. The highest BCUT2D eigenvalue weighted by molar-refractivity contribution is 7.87. The van der Waals surface area contributed by atoms with Gasteiger partial charge in [0.1, 0.15) is 10.7 Å². The molecule has 0 fully saturated rings. The molecule has 0 spiro atoms. The van der Waals surface area contributed by atoms with Crippen molar-refractivity contribution in [1.82, 2.24) is 0 Å². The average molecular weight is 338 g/mol. The molecule has 2 rings (SSSR count). The van der Waals surface area contributed by atoms with Crippen LogP contribution in [-0.2, 0) is 10.1 Å². The van der Waals surface area contributed by atoms with Crippen LogP contribution in [0.5, 0.6) is 11.5 Å². The number of ether oxygens (including phenoxy) is 1. The van der Waals surface area contributed by atoms with Gasteiger partial charge in [0.15, 0.2) is 17.3 Å². The fraction of sp³-hybridized carbons (Fsp3) is 0.188. The van der Waals surface area contributed by atoms with E-state index in [0.29, 0.717) is 5.56 Å². The van der Waals surface area contributed by atoms with Gasteiger partial charge in [-0.3, -0.25) is 4.79 Å². The van der Waals surface area contributed by atoms with Crippen molar-refractivity contribution in [2.45, 2.75) is 18.7 Å². The number of ketones is 1. The summed E-state index contributed by atoms with van der Waals surface area (Å²) in [5, 5.41) is 0. The van der Waals surface area contributed by atoms with E-state index in [1.807, 2.05) is 0 Å². The van der Waals surface area contributed by atoms with Crippen molar-refractivity contribution in [3.05, 3.63) is 53.3 Å². The van der Waals surface area contributed by atoms with Crippen molar-refractivity contribution < 1.29 is 26.5 Å². The van der Waals surface area contributed by atoms with E-state index in [1.54, 1.807) is 0 Å². The molecule has 5 nitrogen and oxygen atoms in total. The van der Waals surface area contributed by atoms with Crippen molar-refractivity contribution in [3.63, 3.8) is 0 Å². The molecule has 0 bridgehead atoms. The molecule has 0 amide bonds. The summed E-state index contributed by atoms with van der Waals surface area (Å²) in [6, 6.07) is 7.52. The second-order valence-corrected chi connectivity index (χ2v) is 6.42. The van der Waals surface area contributed by atoms with Crippen molar-refractivity contribution in [1.29, 1.82) is 0 Å². The van der Waals surface area contributed by atoms with Gasteiger partial charge in [-0.15, -0.1) is 0 Å². The second-order valence-electron chi connectivity index (χ2n) is 4.87. The number of hydrogen-bond acceptors (Lipinski definition) is 5. The maximum Gasteiger partial charge on any atom is 0.339 e. The summed E-state index contributed by atoms with van der Waals surface area (Å²) >= 11 is 0. The highest BCUT2D eigenvalue weighted by atomic mass is 32.2.